The Bertz CT molecular complexity index is 1290. The molecule has 0 unspecified atom stereocenters. The summed E-state index contributed by atoms with van der Waals surface area (Å²) in [4.78, 5) is 29.0. The summed E-state index contributed by atoms with van der Waals surface area (Å²) >= 11 is 0. The van der Waals surface area contributed by atoms with Crippen LogP contribution in [0.3, 0.4) is 0 Å². The van der Waals surface area contributed by atoms with Crippen LogP contribution in [0.2, 0.25) is 0 Å². The Balaban J connectivity index is 1.57. The van der Waals surface area contributed by atoms with Gasteiger partial charge in [-0.3, -0.25) is 4.79 Å². The van der Waals surface area contributed by atoms with Crippen molar-refractivity contribution in [2.45, 2.75) is 33.2 Å². The molecular weight excluding hydrogens is 426 g/mol. The van der Waals surface area contributed by atoms with E-state index >= 15 is 0 Å². The van der Waals surface area contributed by atoms with E-state index in [0.717, 1.165) is 22.5 Å². The number of rotatable bonds is 9. The third-order valence-corrected chi connectivity index (χ3v) is 5.53. The van der Waals surface area contributed by atoms with Crippen LogP contribution in [0.1, 0.15) is 51.8 Å². The van der Waals surface area contributed by atoms with Gasteiger partial charge in [0.15, 0.2) is 0 Å². The molecule has 1 aromatic heterocycles. The molecule has 0 atom stereocenters. The Morgan fingerprint density at radius 3 is 2.24 bits per heavy atom. The number of nitrogens with zero attached hydrogens (tertiary/aromatic N) is 3. The molecule has 0 saturated heterocycles. The molecule has 0 spiro atoms. The molecule has 0 aliphatic carbocycles. The molecule has 4 aromatic rings. The maximum absolute atomic E-state index is 12.8. The van der Waals surface area contributed by atoms with E-state index in [0.29, 0.717) is 24.4 Å². The smallest absolute Gasteiger partial charge is 0.336 e. The van der Waals surface area contributed by atoms with Gasteiger partial charge in [-0.1, -0.05) is 86.6 Å². The van der Waals surface area contributed by atoms with E-state index in [4.69, 9.17) is 0 Å². The van der Waals surface area contributed by atoms with Crippen LogP contribution in [-0.2, 0) is 19.4 Å². The van der Waals surface area contributed by atoms with Gasteiger partial charge in [-0.05, 0) is 34.2 Å². The number of carboxylic acids is 1. The Kier molecular flexibility index (Phi) is 6.97. The molecule has 34 heavy (non-hydrogen) atoms. The molecule has 172 valence electrons. The van der Waals surface area contributed by atoms with Gasteiger partial charge in [0.1, 0.15) is 5.82 Å². The lowest BCUT2D eigenvalue weighted by Gasteiger charge is -2.10. The van der Waals surface area contributed by atoms with Crippen LogP contribution in [-0.4, -0.2) is 31.6 Å². The molecule has 0 bridgehead atoms. The lowest BCUT2D eigenvalue weighted by atomic mass is 9.98. The summed E-state index contributed by atoms with van der Waals surface area (Å²) in [7, 11) is 0. The molecule has 1 N–H and O–H groups in total. The molecule has 0 aliphatic rings. The second kappa shape index (κ2) is 10.3. The number of aromatic nitrogens is 3. The summed E-state index contributed by atoms with van der Waals surface area (Å²) in [6.07, 6.45) is 0.794. The second-order valence-electron chi connectivity index (χ2n) is 8.74. The summed E-state index contributed by atoms with van der Waals surface area (Å²) in [5.41, 5.74) is 3.73. The Hall–Kier alpha value is -4.06. The fourth-order valence-electron chi connectivity index (χ4n) is 3.88. The van der Waals surface area contributed by atoms with Crippen molar-refractivity contribution in [3.63, 3.8) is 0 Å². The van der Waals surface area contributed by atoms with Gasteiger partial charge in [0, 0.05) is 19.4 Å². The monoisotopic (exact) mass is 453 g/mol. The number of hydrogen-bond donors (Lipinski definition) is 1. The maximum Gasteiger partial charge on any atom is 0.336 e. The molecule has 3 aromatic carbocycles. The van der Waals surface area contributed by atoms with E-state index in [1.165, 1.54) is 0 Å². The van der Waals surface area contributed by atoms with E-state index in [1.54, 1.807) is 12.1 Å². The van der Waals surface area contributed by atoms with Gasteiger partial charge in [-0.2, -0.15) is 0 Å². The summed E-state index contributed by atoms with van der Waals surface area (Å²) in [5.74, 6) is 0.285. The lowest BCUT2D eigenvalue weighted by molar-refractivity contribution is 0.0697. The van der Waals surface area contributed by atoms with E-state index in [2.05, 4.69) is 23.9 Å². The third kappa shape index (κ3) is 5.46. The molecular formula is C28H27N3O3. The van der Waals surface area contributed by atoms with E-state index in [-0.39, 0.29) is 23.6 Å². The van der Waals surface area contributed by atoms with E-state index in [1.807, 2.05) is 71.4 Å². The SMILES string of the molecule is CC(C)Cn1nc(C(=O)Cc2ccccc2)nc1Cc1ccc(-c2ccccc2C(=O)O)cc1. The van der Waals surface area contributed by atoms with Gasteiger partial charge in [0.05, 0.1) is 5.56 Å². The number of ketones is 1. The number of aromatic carboxylic acids is 1. The molecule has 1 heterocycles. The number of carboxylic acid groups (broad SMARTS) is 1. The van der Waals surface area contributed by atoms with Gasteiger partial charge in [-0.15, -0.1) is 5.10 Å². The Morgan fingerprint density at radius 2 is 1.56 bits per heavy atom. The highest BCUT2D eigenvalue weighted by atomic mass is 16.4. The minimum Gasteiger partial charge on any atom is -0.478 e. The zero-order valence-corrected chi connectivity index (χ0v) is 19.3. The minimum absolute atomic E-state index is 0.101. The topological polar surface area (TPSA) is 85.1 Å². The van der Waals surface area contributed by atoms with Crippen LogP contribution >= 0.6 is 0 Å². The largest absolute Gasteiger partial charge is 0.478 e. The van der Waals surface area contributed by atoms with Crippen molar-refractivity contribution in [2.24, 2.45) is 5.92 Å². The molecule has 0 radical (unpaired) electrons. The maximum atomic E-state index is 12.8. The number of benzene rings is 3. The van der Waals surface area contributed by atoms with E-state index in [9.17, 15) is 14.7 Å². The first-order valence-corrected chi connectivity index (χ1v) is 11.3. The van der Waals surface area contributed by atoms with Crippen LogP contribution in [0, 0.1) is 5.92 Å². The minimum atomic E-state index is -0.950. The van der Waals surface area contributed by atoms with Crippen molar-refractivity contribution in [3.8, 4) is 11.1 Å². The highest BCUT2D eigenvalue weighted by molar-refractivity contribution is 5.96. The number of Topliss-reactive ketones (excluding diaryl/α,β-unsaturated/α-hetero) is 1. The Labute approximate surface area is 198 Å². The van der Waals surface area contributed by atoms with Crippen LogP contribution in [0.15, 0.2) is 78.9 Å². The van der Waals surface area contributed by atoms with Crippen LogP contribution < -0.4 is 0 Å². The first kappa shape index (κ1) is 23.1. The fourth-order valence-corrected chi connectivity index (χ4v) is 3.88. The first-order chi connectivity index (χ1) is 16.4. The molecule has 6 nitrogen and oxygen atoms in total. The average molecular weight is 454 g/mol. The van der Waals surface area contributed by atoms with Gasteiger partial charge >= 0.3 is 5.97 Å². The molecule has 0 saturated carbocycles. The quantitative estimate of drug-likeness (QED) is 0.347. The summed E-state index contributed by atoms with van der Waals surface area (Å²) in [6, 6.07) is 24.3. The lowest BCUT2D eigenvalue weighted by Crippen LogP contribution is -2.11. The number of carbonyl (C=O) groups is 2. The van der Waals surface area contributed by atoms with Gasteiger partial charge in [0.25, 0.3) is 0 Å². The van der Waals surface area contributed by atoms with Crippen molar-refractivity contribution < 1.29 is 14.7 Å². The standard InChI is InChI=1S/C28H27N3O3/c1-19(2)18-31-26(29-27(30-31)25(32)16-20-8-4-3-5-9-20)17-21-12-14-22(15-13-21)23-10-6-7-11-24(23)28(33)34/h3-15,19H,16-18H2,1-2H3,(H,33,34). The summed E-state index contributed by atoms with van der Waals surface area (Å²) < 4.78 is 1.83. The zero-order chi connectivity index (χ0) is 24.1. The second-order valence-corrected chi connectivity index (χ2v) is 8.74. The van der Waals surface area contributed by atoms with E-state index < -0.39 is 5.97 Å². The predicted octanol–water partition coefficient (Wildman–Crippen LogP) is 5.32. The fraction of sp³-hybridized carbons (Fsp3) is 0.214. The van der Waals surface area contributed by atoms with Crippen molar-refractivity contribution in [1.82, 2.24) is 14.8 Å². The molecule has 0 fully saturated rings. The highest BCUT2D eigenvalue weighted by Gasteiger charge is 2.18. The molecule has 4 rings (SSSR count). The van der Waals surface area contributed by atoms with Crippen LogP contribution in [0.4, 0.5) is 0 Å². The van der Waals surface area contributed by atoms with Gasteiger partial charge in [0.2, 0.25) is 11.6 Å². The van der Waals surface area contributed by atoms with Crippen molar-refractivity contribution in [3.05, 3.63) is 107 Å². The van der Waals surface area contributed by atoms with Crippen LogP contribution in [0.5, 0.6) is 0 Å². The van der Waals surface area contributed by atoms with Crippen LogP contribution in [0.25, 0.3) is 11.1 Å². The van der Waals surface area contributed by atoms with Crippen molar-refractivity contribution in [1.29, 1.82) is 0 Å². The average Bonchev–Trinajstić information content (AvgIpc) is 3.22. The molecule has 0 aliphatic heterocycles. The van der Waals surface area contributed by atoms with Crippen molar-refractivity contribution in [2.75, 3.05) is 0 Å². The highest BCUT2D eigenvalue weighted by Crippen LogP contribution is 2.25. The Morgan fingerprint density at radius 1 is 0.882 bits per heavy atom. The van der Waals surface area contributed by atoms with Crippen molar-refractivity contribution >= 4 is 11.8 Å². The number of hydrogen-bond acceptors (Lipinski definition) is 4. The predicted molar refractivity (Wildman–Crippen MR) is 131 cm³/mol. The first-order valence-electron chi connectivity index (χ1n) is 11.3. The molecule has 0 amide bonds. The molecule has 6 heteroatoms. The zero-order valence-electron chi connectivity index (χ0n) is 19.3. The number of carbonyl (C=O) groups excluding carboxylic acids is 1. The third-order valence-electron chi connectivity index (χ3n) is 5.53. The summed E-state index contributed by atoms with van der Waals surface area (Å²) in [5, 5.41) is 14.0. The summed E-state index contributed by atoms with van der Waals surface area (Å²) in [6.45, 7) is 4.88. The van der Waals surface area contributed by atoms with Gasteiger partial charge < -0.3 is 5.11 Å². The normalized spacial score (nSPS) is 11.0. The van der Waals surface area contributed by atoms with Gasteiger partial charge in [-0.25, -0.2) is 14.5 Å².